The second-order valence-corrected chi connectivity index (χ2v) is 5.81. The highest BCUT2D eigenvalue weighted by Gasteiger charge is 2.19. The molecule has 0 radical (unpaired) electrons. The number of thiazole rings is 1. The topological polar surface area (TPSA) is 52.6 Å². The Morgan fingerprint density at radius 2 is 1.81 bits per heavy atom. The summed E-state index contributed by atoms with van der Waals surface area (Å²) >= 11 is 1.71. The highest BCUT2D eigenvalue weighted by molar-refractivity contribution is 7.15. The van der Waals surface area contributed by atoms with Gasteiger partial charge in [0, 0.05) is 30.0 Å². The maximum atomic E-state index is 5.40. The standard InChI is InChI=1S/C15H18N2O3S/c1-18-11-6-9(7-12(19-2)14(11)20-3)15-17-10-4-5-16-8-13(10)21-15/h6-7,16H,4-5,8H2,1-3H3. The van der Waals surface area contributed by atoms with Crippen molar-refractivity contribution in [3.63, 3.8) is 0 Å². The van der Waals surface area contributed by atoms with Gasteiger partial charge in [0.25, 0.3) is 0 Å². The first kappa shape index (κ1) is 14.2. The Bertz CT molecular complexity index is 606. The normalized spacial score (nSPS) is 13.7. The van der Waals surface area contributed by atoms with Crippen molar-refractivity contribution in [3.8, 4) is 27.8 Å². The van der Waals surface area contributed by atoms with Gasteiger partial charge in [-0.15, -0.1) is 11.3 Å². The molecule has 1 aliphatic rings. The molecule has 2 aromatic rings. The molecule has 0 fully saturated rings. The molecule has 1 aromatic heterocycles. The Morgan fingerprint density at radius 1 is 1.10 bits per heavy atom. The number of benzene rings is 1. The number of ether oxygens (including phenoxy) is 3. The summed E-state index contributed by atoms with van der Waals surface area (Å²) in [5.74, 6) is 1.91. The van der Waals surface area contributed by atoms with Crippen molar-refractivity contribution in [1.82, 2.24) is 10.3 Å². The fraction of sp³-hybridized carbons (Fsp3) is 0.400. The number of fused-ring (bicyclic) bond motifs is 1. The molecule has 1 aromatic carbocycles. The first-order valence-electron chi connectivity index (χ1n) is 6.76. The van der Waals surface area contributed by atoms with E-state index in [4.69, 9.17) is 19.2 Å². The van der Waals surface area contributed by atoms with E-state index in [1.165, 1.54) is 10.6 Å². The summed E-state index contributed by atoms with van der Waals surface area (Å²) in [6, 6.07) is 3.89. The molecular formula is C15H18N2O3S. The minimum absolute atomic E-state index is 0.603. The third-order valence-corrected chi connectivity index (χ3v) is 4.66. The molecule has 21 heavy (non-hydrogen) atoms. The molecule has 3 rings (SSSR count). The van der Waals surface area contributed by atoms with Crippen molar-refractivity contribution >= 4 is 11.3 Å². The van der Waals surface area contributed by atoms with Crippen LogP contribution in [0.4, 0.5) is 0 Å². The molecule has 6 heteroatoms. The van der Waals surface area contributed by atoms with E-state index in [-0.39, 0.29) is 0 Å². The second kappa shape index (κ2) is 5.91. The molecule has 0 bridgehead atoms. The van der Waals surface area contributed by atoms with Gasteiger partial charge < -0.3 is 19.5 Å². The van der Waals surface area contributed by atoms with E-state index in [1.807, 2.05) is 12.1 Å². The van der Waals surface area contributed by atoms with Crippen molar-refractivity contribution in [3.05, 3.63) is 22.7 Å². The van der Waals surface area contributed by atoms with Crippen LogP contribution < -0.4 is 19.5 Å². The molecule has 0 saturated carbocycles. The van der Waals surface area contributed by atoms with Crippen LogP contribution in [0.15, 0.2) is 12.1 Å². The quantitative estimate of drug-likeness (QED) is 0.940. The van der Waals surface area contributed by atoms with Crippen LogP contribution in [0, 0.1) is 0 Å². The van der Waals surface area contributed by atoms with E-state index in [9.17, 15) is 0 Å². The maximum absolute atomic E-state index is 5.40. The second-order valence-electron chi connectivity index (χ2n) is 4.73. The van der Waals surface area contributed by atoms with Crippen LogP contribution in [0.25, 0.3) is 10.6 Å². The lowest BCUT2D eigenvalue weighted by molar-refractivity contribution is 0.324. The number of rotatable bonds is 4. The molecular weight excluding hydrogens is 288 g/mol. The lowest BCUT2D eigenvalue weighted by Crippen LogP contribution is -2.22. The predicted octanol–water partition coefficient (Wildman–Crippen LogP) is 2.48. The van der Waals surface area contributed by atoms with Gasteiger partial charge in [-0.1, -0.05) is 0 Å². The molecule has 1 N–H and O–H groups in total. The van der Waals surface area contributed by atoms with Crippen molar-refractivity contribution < 1.29 is 14.2 Å². The monoisotopic (exact) mass is 306 g/mol. The Hall–Kier alpha value is -1.79. The SMILES string of the molecule is COc1cc(-c2nc3c(s2)CNCC3)cc(OC)c1OC. The smallest absolute Gasteiger partial charge is 0.203 e. The van der Waals surface area contributed by atoms with Gasteiger partial charge in [-0.05, 0) is 12.1 Å². The summed E-state index contributed by atoms with van der Waals surface area (Å²) in [5.41, 5.74) is 2.19. The summed E-state index contributed by atoms with van der Waals surface area (Å²) in [4.78, 5) is 6.06. The van der Waals surface area contributed by atoms with Crippen LogP contribution in [0.5, 0.6) is 17.2 Å². The maximum Gasteiger partial charge on any atom is 0.203 e. The largest absolute Gasteiger partial charge is 0.493 e. The number of aromatic nitrogens is 1. The lowest BCUT2D eigenvalue weighted by atomic mass is 10.2. The summed E-state index contributed by atoms with van der Waals surface area (Å²) < 4.78 is 16.2. The summed E-state index contributed by atoms with van der Waals surface area (Å²) in [6.45, 7) is 1.89. The van der Waals surface area contributed by atoms with Gasteiger partial charge in [-0.3, -0.25) is 0 Å². The first-order chi connectivity index (χ1) is 10.3. The van der Waals surface area contributed by atoms with Gasteiger partial charge >= 0.3 is 0 Å². The van der Waals surface area contributed by atoms with Gasteiger partial charge in [0.1, 0.15) is 5.01 Å². The van der Waals surface area contributed by atoms with Gasteiger partial charge in [-0.25, -0.2) is 4.98 Å². The molecule has 112 valence electrons. The summed E-state index contributed by atoms with van der Waals surface area (Å²) in [7, 11) is 4.85. The number of nitrogens with zero attached hydrogens (tertiary/aromatic N) is 1. The van der Waals surface area contributed by atoms with E-state index < -0.39 is 0 Å². The molecule has 1 aliphatic heterocycles. The summed E-state index contributed by atoms with van der Waals surface area (Å²) in [5, 5.41) is 4.36. The highest BCUT2D eigenvalue weighted by Crippen LogP contribution is 2.42. The van der Waals surface area contributed by atoms with Crippen LogP contribution in [0.2, 0.25) is 0 Å². The fourth-order valence-corrected chi connectivity index (χ4v) is 3.52. The van der Waals surface area contributed by atoms with E-state index in [0.717, 1.165) is 30.1 Å². The van der Waals surface area contributed by atoms with Gasteiger partial charge in [0.2, 0.25) is 5.75 Å². The van der Waals surface area contributed by atoms with E-state index in [0.29, 0.717) is 17.2 Å². The minimum Gasteiger partial charge on any atom is -0.493 e. The molecule has 2 heterocycles. The predicted molar refractivity (Wildman–Crippen MR) is 82.6 cm³/mol. The van der Waals surface area contributed by atoms with Crippen molar-refractivity contribution in [2.75, 3.05) is 27.9 Å². The Morgan fingerprint density at radius 3 is 2.38 bits per heavy atom. The molecule has 0 saturated heterocycles. The third-order valence-electron chi connectivity index (χ3n) is 3.51. The zero-order valence-corrected chi connectivity index (χ0v) is 13.2. The van der Waals surface area contributed by atoms with E-state index >= 15 is 0 Å². The Kier molecular flexibility index (Phi) is 3.98. The number of nitrogens with one attached hydrogen (secondary N) is 1. The van der Waals surface area contributed by atoms with Crippen molar-refractivity contribution in [2.45, 2.75) is 13.0 Å². The zero-order chi connectivity index (χ0) is 14.8. The van der Waals surface area contributed by atoms with Gasteiger partial charge in [0.15, 0.2) is 11.5 Å². The van der Waals surface area contributed by atoms with Crippen LogP contribution in [0.3, 0.4) is 0 Å². The average molecular weight is 306 g/mol. The van der Waals surface area contributed by atoms with Crippen molar-refractivity contribution in [2.24, 2.45) is 0 Å². The number of methoxy groups -OCH3 is 3. The molecule has 0 unspecified atom stereocenters. The molecule has 0 amide bonds. The fourth-order valence-electron chi connectivity index (χ4n) is 2.45. The van der Waals surface area contributed by atoms with E-state index in [1.54, 1.807) is 32.7 Å². The summed E-state index contributed by atoms with van der Waals surface area (Å²) in [6.07, 6.45) is 0.982. The molecule has 0 aliphatic carbocycles. The average Bonchev–Trinajstić information content (AvgIpc) is 2.97. The Labute approximate surface area is 127 Å². The third kappa shape index (κ3) is 2.56. The first-order valence-corrected chi connectivity index (χ1v) is 7.58. The number of hydrogen-bond acceptors (Lipinski definition) is 6. The van der Waals surface area contributed by atoms with Crippen LogP contribution >= 0.6 is 11.3 Å². The van der Waals surface area contributed by atoms with Crippen molar-refractivity contribution in [1.29, 1.82) is 0 Å². The Balaban J connectivity index is 2.07. The van der Waals surface area contributed by atoms with Crippen LogP contribution in [-0.2, 0) is 13.0 Å². The zero-order valence-electron chi connectivity index (χ0n) is 12.4. The minimum atomic E-state index is 0.603. The van der Waals surface area contributed by atoms with E-state index in [2.05, 4.69) is 5.32 Å². The molecule has 0 atom stereocenters. The van der Waals surface area contributed by atoms with Gasteiger partial charge in [-0.2, -0.15) is 0 Å². The number of hydrogen-bond donors (Lipinski definition) is 1. The molecule has 5 nitrogen and oxygen atoms in total. The highest BCUT2D eigenvalue weighted by atomic mass is 32.1. The van der Waals surface area contributed by atoms with Gasteiger partial charge in [0.05, 0.1) is 27.0 Å². The van der Waals surface area contributed by atoms with Crippen LogP contribution in [0.1, 0.15) is 10.6 Å². The lowest BCUT2D eigenvalue weighted by Gasteiger charge is -2.13. The van der Waals surface area contributed by atoms with Crippen LogP contribution in [-0.4, -0.2) is 32.9 Å². The molecule has 0 spiro atoms.